The second-order valence-electron chi connectivity index (χ2n) is 14.8. The van der Waals surface area contributed by atoms with E-state index in [1.807, 2.05) is 30.3 Å². The quantitative estimate of drug-likeness (QED) is 0.359. The van der Waals surface area contributed by atoms with Crippen LogP contribution in [-0.4, -0.2) is 88.5 Å². The summed E-state index contributed by atoms with van der Waals surface area (Å²) in [6.07, 6.45) is 12.9. The number of Topliss-reactive ketones (excluding diaryl/α,β-unsaturated/α-hetero) is 1. The van der Waals surface area contributed by atoms with Crippen molar-refractivity contribution < 1.29 is 20.1 Å². The minimum atomic E-state index is -0.805. The minimum absolute atomic E-state index is 0.00742. The number of nitrogens with zero attached hydrogens (tertiary/aromatic N) is 2. The lowest BCUT2D eigenvalue weighted by Crippen LogP contribution is -2.67. The van der Waals surface area contributed by atoms with Crippen LogP contribution in [0.5, 0.6) is 0 Å². The third-order valence-corrected chi connectivity index (χ3v) is 13.4. The SMILES string of the molecule is C[C@]12CC[C@H]3[C@]4(C=C[C@@]5(C=C4C(=O)c4ccccc4)CC(O)CC[C@]35C)[C@@H]1CC[C@@]2(O)CN1CCN(CCO)CC1. The van der Waals surface area contributed by atoms with E-state index < -0.39 is 11.0 Å². The minimum Gasteiger partial charge on any atom is -0.395 e. The molecule has 41 heavy (non-hydrogen) atoms. The van der Waals surface area contributed by atoms with Gasteiger partial charge in [-0.15, -0.1) is 0 Å². The molecule has 6 nitrogen and oxygen atoms in total. The molecule has 0 radical (unpaired) electrons. The van der Waals surface area contributed by atoms with Gasteiger partial charge in [0.05, 0.1) is 18.3 Å². The summed E-state index contributed by atoms with van der Waals surface area (Å²) in [5.41, 5.74) is -0.137. The first-order valence-corrected chi connectivity index (χ1v) is 16.1. The molecule has 2 bridgehead atoms. The molecule has 1 aromatic carbocycles. The molecular formula is C35H48N2O4. The van der Waals surface area contributed by atoms with Crippen LogP contribution in [-0.2, 0) is 0 Å². The summed E-state index contributed by atoms with van der Waals surface area (Å²) in [7, 11) is 0. The molecule has 1 heterocycles. The van der Waals surface area contributed by atoms with Gasteiger partial charge in [-0.2, -0.15) is 0 Å². The van der Waals surface area contributed by atoms with Gasteiger partial charge in [0.25, 0.3) is 0 Å². The van der Waals surface area contributed by atoms with E-state index in [1.165, 1.54) is 0 Å². The van der Waals surface area contributed by atoms with E-state index in [2.05, 4.69) is 41.9 Å². The van der Waals surface area contributed by atoms with Gasteiger partial charge in [0.15, 0.2) is 5.78 Å². The zero-order chi connectivity index (χ0) is 28.7. The zero-order valence-corrected chi connectivity index (χ0v) is 24.9. The topological polar surface area (TPSA) is 84.2 Å². The molecule has 7 aliphatic rings. The summed E-state index contributed by atoms with van der Waals surface area (Å²) in [6.45, 7) is 10.0. The Balaban J connectivity index is 1.28. The van der Waals surface area contributed by atoms with Gasteiger partial charge < -0.3 is 15.3 Å². The molecule has 3 N–H and O–H groups in total. The van der Waals surface area contributed by atoms with Gasteiger partial charge in [0.2, 0.25) is 0 Å². The molecule has 1 aliphatic heterocycles. The molecule has 8 rings (SSSR count). The number of carbonyl (C=O) groups excluding carboxylic acids is 1. The highest BCUT2D eigenvalue weighted by atomic mass is 16.3. The van der Waals surface area contributed by atoms with Gasteiger partial charge in [-0.3, -0.25) is 14.6 Å². The Morgan fingerprint density at radius 3 is 2.29 bits per heavy atom. The van der Waals surface area contributed by atoms with Gasteiger partial charge in [0, 0.05) is 66.7 Å². The van der Waals surface area contributed by atoms with Crippen LogP contribution >= 0.6 is 0 Å². The molecular weight excluding hydrogens is 512 g/mol. The number of fused-ring (bicyclic) bond motifs is 1. The Morgan fingerprint density at radius 2 is 1.56 bits per heavy atom. The average Bonchev–Trinajstić information content (AvgIpc) is 3.24. The van der Waals surface area contributed by atoms with E-state index in [9.17, 15) is 20.1 Å². The van der Waals surface area contributed by atoms with E-state index in [4.69, 9.17) is 0 Å². The first-order chi connectivity index (χ1) is 19.6. The molecule has 1 aromatic rings. The molecule has 2 spiro atoms. The van der Waals surface area contributed by atoms with Crippen LogP contribution in [0.2, 0.25) is 0 Å². The summed E-state index contributed by atoms with van der Waals surface area (Å²) in [5, 5.41) is 32.8. The Hall–Kier alpha value is -1.83. The maximum atomic E-state index is 14.5. The molecule has 6 heteroatoms. The van der Waals surface area contributed by atoms with Crippen LogP contribution in [0.4, 0.5) is 0 Å². The van der Waals surface area contributed by atoms with E-state index in [-0.39, 0.29) is 40.7 Å². The molecule has 0 amide bonds. The lowest BCUT2D eigenvalue weighted by molar-refractivity contribution is -0.177. The number of piperazine rings is 1. The van der Waals surface area contributed by atoms with E-state index in [0.29, 0.717) is 18.9 Å². The van der Waals surface area contributed by atoms with Crippen LogP contribution < -0.4 is 0 Å². The van der Waals surface area contributed by atoms with Crippen molar-refractivity contribution in [3.63, 3.8) is 0 Å². The molecule has 8 atom stereocenters. The highest BCUT2D eigenvalue weighted by molar-refractivity contribution is 6.10. The molecule has 3 saturated carbocycles. The molecule has 1 unspecified atom stereocenters. The van der Waals surface area contributed by atoms with E-state index >= 15 is 0 Å². The number of β-amino-alcohol motifs (C(OH)–C–C–N with tert-alkyl or cyclic N) is 2. The van der Waals surface area contributed by atoms with E-state index in [0.717, 1.165) is 82.4 Å². The number of hydrogen-bond acceptors (Lipinski definition) is 6. The van der Waals surface area contributed by atoms with Crippen LogP contribution in [0.1, 0.15) is 69.2 Å². The number of carbonyl (C=O) groups is 1. The first-order valence-electron chi connectivity index (χ1n) is 16.1. The number of ketones is 1. The normalized spacial score (nSPS) is 45.6. The Morgan fingerprint density at radius 1 is 0.902 bits per heavy atom. The first kappa shape index (κ1) is 28.0. The van der Waals surface area contributed by atoms with Crippen molar-refractivity contribution in [3.8, 4) is 0 Å². The van der Waals surface area contributed by atoms with Crippen molar-refractivity contribution in [2.24, 2.45) is 33.5 Å². The number of aliphatic hydroxyl groups excluding tert-OH is 2. The summed E-state index contributed by atoms with van der Waals surface area (Å²) >= 11 is 0. The molecule has 6 aliphatic carbocycles. The fourth-order valence-corrected chi connectivity index (χ4v) is 11.0. The standard InChI is InChI=1S/C35H48N2O4/c1-31-11-8-26(39)22-33(31)14-15-35(27(23-33)30(40)25-6-4-3-5-7-25)28(31)9-12-32(2)29(35)10-13-34(32,41)24-37-18-16-36(17-19-37)20-21-38/h3-7,14-15,23,26,28-29,38-39,41H,8-13,16-22,24H2,1-2H3/t26?,28-,29-,31-,32+,33+,34-,35-/m1/s1. The molecule has 1 saturated heterocycles. The molecule has 4 fully saturated rings. The fraction of sp³-hybridized carbons (Fsp3) is 0.686. The van der Waals surface area contributed by atoms with Crippen molar-refractivity contribution in [1.29, 1.82) is 0 Å². The number of hydrogen-bond donors (Lipinski definition) is 3. The lowest BCUT2D eigenvalue weighted by Gasteiger charge is -2.71. The molecule has 222 valence electrons. The second kappa shape index (κ2) is 9.59. The van der Waals surface area contributed by atoms with Crippen LogP contribution in [0.3, 0.4) is 0 Å². The summed E-state index contributed by atoms with van der Waals surface area (Å²) in [4.78, 5) is 19.2. The maximum Gasteiger partial charge on any atom is 0.189 e. The average molecular weight is 561 g/mol. The third-order valence-electron chi connectivity index (χ3n) is 13.4. The highest BCUT2D eigenvalue weighted by Gasteiger charge is 2.74. The van der Waals surface area contributed by atoms with Crippen molar-refractivity contribution in [2.75, 3.05) is 45.9 Å². The Bertz CT molecular complexity index is 1260. The van der Waals surface area contributed by atoms with Crippen molar-refractivity contribution in [3.05, 3.63) is 59.7 Å². The smallest absolute Gasteiger partial charge is 0.189 e. The van der Waals surface area contributed by atoms with Crippen LogP contribution in [0.15, 0.2) is 54.1 Å². The zero-order valence-electron chi connectivity index (χ0n) is 24.9. The predicted molar refractivity (Wildman–Crippen MR) is 159 cm³/mol. The third kappa shape index (κ3) is 3.76. The van der Waals surface area contributed by atoms with Gasteiger partial charge in [0.1, 0.15) is 0 Å². The molecule has 0 aromatic heterocycles. The van der Waals surface area contributed by atoms with E-state index in [1.54, 1.807) is 0 Å². The van der Waals surface area contributed by atoms with Gasteiger partial charge in [-0.25, -0.2) is 0 Å². The monoisotopic (exact) mass is 560 g/mol. The number of rotatable bonds is 6. The van der Waals surface area contributed by atoms with Crippen LogP contribution in [0.25, 0.3) is 0 Å². The van der Waals surface area contributed by atoms with Crippen LogP contribution in [0, 0.1) is 33.5 Å². The lowest BCUT2D eigenvalue weighted by atomic mass is 9.32. The summed E-state index contributed by atoms with van der Waals surface area (Å²) in [6, 6.07) is 9.75. The van der Waals surface area contributed by atoms with Gasteiger partial charge in [-0.1, -0.05) is 62.4 Å². The van der Waals surface area contributed by atoms with Crippen molar-refractivity contribution in [1.82, 2.24) is 9.80 Å². The Labute approximate surface area is 245 Å². The van der Waals surface area contributed by atoms with Crippen molar-refractivity contribution in [2.45, 2.75) is 70.5 Å². The van der Waals surface area contributed by atoms with Crippen molar-refractivity contribution >= 4 is 5.78 Å². The predicted octanol–water partition coefficient (Wildman–Crippen LogP) is 4.07. The fourth-order valence-electron chi connectivity index (χ4n) is 11.0. The largest absolute Gasteiger partial charge is 0.395 e. The highest BCUT2D eigenvalue weighted by Crippen LogP contribution is 2.78. The second-order valence-corrected chi connectivity index (χ2v) is 14.8. The number of benzene rings is 1. The number of aliphatic hydroxyl groups is 3. The van der Waals surface area contributed by atoms with Gasteiger partial charge >= 0.3 is 0 Å². The maximum absolute atomic E-state index is 14.5. The Kier molecular flexibility index (Phi) is 6.54. The summed E-state index contributed by atoms with van der Waals surface area (Å²) in [5.74, 6) is 0.635. The summed E-state index contributed by atoms with van der Waals surface area (Å²) < 4.78 is 0. The number of allylic oxidation sites excluding steroid dienone is 4. The van der Waals surface area contributed by atoms with Gasteiger partial charge in [-0.05, 0) is 62.2 Å².